The minimum Gasteiger partial charge on any atom is -0.307 e. The molecule has 2 aromatic carbocycles. The molecule has 23 heavy (non-hydrogen) atoms. The van der Waals surface area contributed by atoms with Crippen LogP contribution in [0.4, 0.5) is 10.5 Å². The molecular weight excluding hydrogens is 357 g/mol. The lowest BCUT2D eigenvalue weighted by Gasteiger charge is -2.09. The van der Waals surface area contributed by atoms with Crippen molar-refractivity contribution in [3.63, 3.8) is 0 Å². The van der Waals surface area contributed by atoms with E-state index in [0.717, 1.165) is 4.90 Å². The molecule has 0 unspecified atom stereocenters. The van der Waals surface area contributed by atoms with Crippen LogP contribution in [0.2, 0.25) is 10.0 Å². The van der Waals surface area contributed by atoms with Crippen LogP contribution < -0.4 is 16.2 Å². The summed E-state index contributed by atoms with van der Waals surface area (Å²) in [5.74, 6) is -0.153. The molecule has 2 aromatic rings. The lowest BCUT2D eigenvalue weighted by molar-refractivity contribution is -0.119. The Bertz CT molecular complexity index is 678. The molecule has 0 fully saturated rings. The second kappa shape index (κ2) is 8.67. The summed E-state index contributed by atoms with van der Waals surface area (Å²) >= 11 is 12.9. The molecule has 0 atom stereocenters. The van der Waals surface area contributed by atoms with Gasteiger partial charge in [-0.05, 0) is 48.5 Å². The monoisotopic (exact) mass is 369 g/mol. The summed E-state index contributed by atoms with van der Waals surface area (Å²) in [6.07, 6.45) is 0. The van der Waals surface area contributed by atoms with Crippen molar-refractivity contribution in [2.45, 2.75) is 4.90 Å². The Balaban J connectivity index is 1.70. The first-order valence-electron chi connectivity index (χ1n) is 6.53. The van der Waals surface area contributed by atoms with Gasteiger partial charge in [0.2, 0.25) is 5.91 Å². The maximum atomic E-state index is 11.7. The van der Waals surface area contributed by atoms with Crippen LogP contribution in [-0.4, -0.2) is 17.7 Å². The average molecular weight is 370 g/mol. The molecule has 2 rings (SSSR count). The number of anilines is 1. The van der Waals surface area contributed by atoms with Crippen LogP contribution in [0.25, 0.3) is 0 Å². The van der Waals surface area contributed by atoms with Gasteiger partial charge >= 0.3 is 6.03 Å². The first-order chi connectivity index (χ1) is 11.0. The molecular formula is C15H13Cl2N3O2S. The van der Waals surface area contributed by atoms with Crippen LogP contribution in [0.3, 0.4) is 0 Å². The highest BCUT2D eigenvalue weighted by molar-refractivity contribution is 8.00. The summed E-state index contributed by atoms with van der Waals surface area (Å²) in [6, 6.07) is 13.2. The Labute approximate surface area is 147 Å². The van der Waals surface area contributed by atoms with Crippen LogP contribution in [0.5, 0.6) is 0 Å². The number of nitrogens with one attached hydrogen (secondary N) is 3. The van der Waals surface area contributed by atoms with Crippen molar-refractivity contribution in [2.75, 3.05) is 11.1 Å². The fourth-order valence-electron chi connectivity index (χ4n) is 1.54. The zero-order chi connectivity index (χ0) is 16.7. The zero-order valence-electron chi connectivity index (χ0n) is 11.8. The number of carbonyl (C=O) groups excluding carboxylic acids is 2. The number of carbonyl (C=O) groups is 2. The number of hydrogen-bond donors (Lipinski definition) is 3. The van der Waals surface area contributed by atoms with Crippen molar-refractivity contribution < 1.29 is 9.59 Å². The Morgan fingerprint density at radius 2 is 1.43 bits per heavy atom. The number of hydrazine groups is 1. The topological polar surface area (TPSA) is 70.2 Å². The van der Waals surface area contributed by atoms with Crippen molar-refractivity contribution in [2.24, 2.45) is 0 Å². The van der Waals surface area contributed by atoms with Crippen molar-refractivity contribution in [1.82, 2.24) is 10.9 Å². The first-order valence-corrected chi connectivity index (χ1v) is 8.27. The molecule has 0 saturated carbocycles. The standard InChI is InChI=1S/C15H13Cl2N3O2S/c16-10-1-5-12(6-2-10)18-15(22)20-19-14(21)9-23-13-7-3-11(17)4-8-13/h1-8H,9H2,(H,19,21)(H2,18,20,22). The lowest BCUT2D eigenvalue weighted by Crippen LogP contribution is -2.44. The van der Waals surface area contributed by atoms with E-state index in [0.29, 0.717) is 15.7 Å². The van der Waals surface area contributed by atoms with Crippen molar-refractivity contribution in [3.05, 3.63) is 58.6 Å². The molecule has 3 amide bonds. The Hall–Kier alpha value is -1.89. The lowest BCUT2D eigenvalue weighted by atomic mass is 10.3. The second-order valence-electron chi connectivity index (χ2n) is 4.38. The number of benzene rings is 2. The van der Waals surface area contributed by atoms with Gasteiger partial charge in [-0.25, -0.2) is 10.2 Å². The van der Waals surface area contributed by atoms with Crippen molar-refractivity contribution in [3.8, 4) is 0 Å². The number of hydrogen-bond acceptors (Lipinski definition) is 3. The zero-order valence-corrected chi connectivity index (χ0v) is 14.1. The number of thioether (sulfide) groups is 1. The molecule has 0 aliphatic rings. The molecule has 3 N–H and O–H groups in total. The predicted molar refractivity (Wildman–Crippen MR) is 93.9 cm³/mol. The van der Waals surface area contributed by atoms with Gasteiger partial charge in [0.05, 0.1) is 5.75 Å². The Morgan fingerprint density at radius 3 is 2.04 bits per heavy atom. The minimum absolute atomic E-state index is 0.170. The van der Waals surface area contributed by atoms with Gasteiger partial charge in [-0.3, -0.25) is 10.2 Å². The highest BCUT2D eigenvalue weighted by atomic mass is 35.5. The fraction of sp³-hybridized carbons (Fsp3) is 0.0667. The molecule has 120 valence electrons. The van der Waals surface area contributed by atoms with E-state index in [1.165, 1.54) is 11.8 Å². The van der Waals surface area contributed by atoms with Crippen molar-refractivity contribution in [1.29, 1.82) is 0 Å². The third kappa shape index (κ3) is 6.40. The van der Waals surface area contributed by atoms with E-state index in [9.17, 15) is 9.59 Å². The maximum Gasteiger partial charge on any atom is 0.337 e. The van der Waals surface area contributed by atoms with E-state index in [-0.39, 0.29) is 11.7 Å². The molecule has 0 spiro atoms. The number of urea groups is 1. The largest absolute Gasteiger partial charge is 0.337 e. The molecule has 0 radical (unpaired) electrons. The molecule has 5 nitrogen and oxygen atoms in total. The minimum atomic E-state index is -0.544. The predicted octanol–water partition coefficient (Wildman–Crippen LogP) is 3.94. The van der Waals surface area contributed by atoms with Gasteiger partial charge in [0, 0.05) is 20.6 Å². The molecule has 8 heteroatoms. The molecule has 0 aromatic heterocycles. The van der Waals surface area contributed by atoms with Gasteiger partial charge in [-0.1, -0.05) is 23.2 Å². The van der Waals surface area contributed by atoms with Crippen LogP contribution in [0.15, 0.2) is 53.4 Å². The van der Waals surface area contributed by atoms with Crippen molar-refractivity contribution >= 4 is 52.6 Å². The van der Waals surface area contributed by atoms with E-state index < -0.39 is 6.03 Å². The van der Waals surface area contributed by atoms with E-state index in [1.807, 2.05) is 12.1 Å². The van der Waals surface area contributed by atoms with Crippen LogP contribution in [-0.2, 0) is 4.79 Å². The van der Waals surface area contributed by atoms with Gasteiger partial charge in [0.1, 0.15) is 0 Å². The van der Waals surface area contributed by atoms with Gasteiger partial charge in [0.15, 0.2) is 0 Å². The third-order valence-corrected chi connectivity index (χ3v) is 4.12. The Morgan fingerprint density at radius 1 is 0.870 bits per heavy atom. The number of halogens is 2. The summed E-state index contributed by atoms with van der Waals surface area (Å²) in [7, 11) is 0. The normalized spacial score (nSPS) is 10.0. The highest BCUT2D eigenvalue weighted by Gasteiger charge is 2.06. The van der Waals surface area contributed by atoms with E-state index >= 15 is 0 Å². The second-order valence-corrected chi connectivity index (χ2v) is 6.30. The van der Waals surface area contributed by atoms with Gasteiger partial charge in [-0.2, -0.15) is 0 Å². The molecule has 0 bridgehead atoms. The van der Waals surface area contributed by atoms with Crippen LogP contribution >= 0.6 is 35.0 Å². The average Bonchev–Trinajstić information content (AvgIpc) is 2.54. The molecule has 0 aliphatic heterocycles. The fourth-order valence-corrected chi connectivity index (χ4v) is 2.49. The SMILES string of the molecule is O=C(CSc1ccc(Cl)cc1)NNC(=O)Nc1ccc(Cl)cc1. The number of rotatable bonds is 4. The molecule has 0 aliphatic carbocycles. The quantitative estimate of drug-likeness (QED) is 0.564. The molecule has 0 saturated heterocycles. The summed E-state index contributed by atoms with van der Waals surface area (Å²) < 4.78 is 0. The Kier molecular flexibility index (Phi) is 6.58. The number of amides is 3. The van der Waals surface area contributed by atoms with Crippen LogP contribution in [0.1, 0.15) is 0 Å². The van der Waals surface area contributed by atoms with Crippen LogP contribution in [0, 0.1) is 0 Å². The summed E-state index contributed by atoms with van der Waals surface area (Å²) in [6.45, 7) is 0. The van der Waals surface area contributed by atoms with Gasteiger partial charge < -0.3 is 5.32 Å². The summed E-state index contributed by atoms with van der Waals surface area (Å²) in [4.78, 5) is 24.2. The first kappa shape index (κ1) is 17.5. The highest BCUT2D eigenvalue weighted by Crippen LogP contribution is 2.19. The van der Waals surface area contributed by atoms with E-state index in [2.05, 4.69) is 16.2 Å². The smallest absolute Gasteiger partial charge is 0.307 e. The maximum absolute atomic E-state index is 11.7. The van der Waals surface area contributed by atoms with E-state index in [1.54, 1.807) is 36.4 Å². The summed E-state index contributed by atoms with van der Waals surface area (Å²) in [5, 5.41) is 3.77. The third-order valence-electron chi connectivity index (χ3n) is 2.60. The van der Waals surface area contributed by atoms with E-state index in [4.69, 9.17) is 23.2 Å². The molecule has 0 heterocycles. The summed E-state index contributed by atoms with van der Waals surface area (Å²) in [5.41, 5.74) is 5.16. The van der Waals surface area contributed by atoms with Gasteiger partial charge in [-0.15, -0.1) is 11.8 Å². The van der Waals surface area contributed by atoms with Gasteiger partial charge in [0.25, 0.3) is 0 Å².